The first-order chi connectivity index (χ1) is 9.64. The highest BCUT2D eigenvalue weighted by atomic mass is 32.2. The summed E-state index contributed by atoms with van der Waals surface area (Å²) >= 11 is 0. The molecule has 0 radical (unpaired) electrons. The Morgan fingerprint density at radius 2 is 1.95 bits per heavy atom. The third-order valence-electron chi connectivity index (χ3n) is 2.73. The topological polar surface area (TPSA) is 87.2 Å². The molecule has 1 aromatic carbocycles. The van der Waals surface area contributed by atoms with E-state index in [1.807, 2.05) is 13.8 Å². The van der Waals surface area contributed by atoms with Crippen molar-refractivity contribution in [2.24, 2.45) is 11.7 Å². The van der Waals surface area contributed by atoms with Crippen molar-refractivity contribution in [3.05, 3.63) is 29.8 Å². The Kier molecular flexibility index (Phi) is 5.79. The molecule has 0 fully saturated rings. The zero-order valence-corrected chi connectivity index (χ0v) is 12.8. The highest BCUT2D eigenvalue weighted by Gasteiger charge is 2.26. The summed E-state index contributed by atoms with van der Waals surface area (Å²) in [6.07, 6.45) is 0.0790. The normalized spacial score (nSPS) is 12.1. The average molecular weight is 319 g/mol. The monoisotopic (exact) mass is 319 g/mol. The molecule has 0 bridgehead atoms. The molecule has 1 rings (SSSR count). The van der Waals surface area contributed by atoms with E-state index in [0.29, 0.717) is 6.07 Å². The second-order valence-corrected chi connectivity index (χ2v) is 7.05. The number of hydrogen-bond acceptors (Lipinski definition) is 3. The van der Waals surface area contributed by atoms with Gasteiger partial charge in [-0.3, -0.25) is 5.41 Å². The van der Waals surface area contributed by atoms with E-state index in [1.54, 1.807) is 0 Å². The van der Waals surface area contributed by atoms with Crippen LogP contribution < -0.4 is 5.73 Å². The van der Waals surface area contributed by atoms with Gasteiger partial charge in [-0.1, -0.05) is 13.8 Å². The summed E-state index contributed by atoms with van der Waals surface area (Å²) in [4.78, 5) is -0.314. The van der Waals surface area contributed by atoms with Gasteiger partial charge in [0.15, 0.2) is 11.6 Å². The highest BCUT2D eigenvalue weighted by Crippen LogP contribution is 2.19. The molecule has 118 valence electrons. The van der Waals surface area contributed by atoms with Gasteiger partial charge < -0.3 is 5.73 Å². The minimum absolute atomic E-state index is 0.0227. The van der Waals surface area contributed by atoms with Gasteiger partial charge in [0.1, 0.15) is 0 Å². The molecule has 0 amide bonds. The lowest BCUT2D eigenvalue weighted by atomic mass is 10.2. The molecule has 5 nitrogen and oxygen atoms in total. The summed E-state index contributed by atoms with van der Waals surface area (Å²) in [7, 11) is -3.96. The Hall–Kier alpha value is -1.54. The number of amidine groups is 1. The lowest BCUT2D eigenvalue weighted by Crippen LogP contribution is -2.36. The number of nitrogens with zero attached hydrogens (tertiary/aromatic N) is 1. The largest absolute Gasteiger partial charge is 0.388 e. The molecule has 0 saturated carbocycles. The Bertz CT molecular complexity index is 618. The van der Waals surface area contributed by atoms with Gasteiger partial charge >= 0.3 is 0 Å². The van der Waals surface area contributed by atoms with Crippen LogP contribution in [0.5, 0.6) is 0 Å². The third-order valence-corrected chi connectivity index (χ3v) is 4.59. The van der Waals surface area contributed by atoms with Crippen molar-refractivity contribution in [2.75, 3.05) is 13.1 Å². The zero-order chi connectivity index (χ0) is 16.2. The predicted octanol–water partition coefficient (Wildman–Crippen LogP) is 1.94. The van der Waals surface area contributed by atoms with Crippen molar-refractivity contribution in [3.63, 3.8) is 0 Å². The van der Waals surface area contributed by atoms with Crippen molar-refractivity contribution >= 4 is 15.9 Å². The van der Waals surface area contributed by atoms with Gasteiger partial charge in [-0.2, -0.15) is 4.31 Å². The molecule has 21 heavy (non-hydrogen) atoms. The minimum Gasteiger partial charge on any atom is -0.388 e. The molecule has 0 aliphatic heterocycles. The predicted molar refractivity (Wildman–Crippen MR) is 76.5 cm³/mol. The summed E-state index contributed by atoms with van der Waals surface area (Å²) in [6, 6.07) is 2.46. The number of hydrogen-bond donors (Lipinski definition) is 2. The van der Waals surface area contributed by atoms with Crippen LogP contribution in [0.1, 0.15) is 20.3 Å². The van der Waals surface area contributed by atoms with Crippen LogP contribution in [-0.4, -0.2) is 31.6 Å². The number of rotatable bonds is 7. The summed E-state index contributed by atoms with van der Waals surface area (Å²) < 4.78 is 52.2. The lowest BCUT2D eigenvalue weighted by Gasteiger charge is -2.23. The summed E-state index contributed by atoms with van der Waals surface area (Å²) in [5.41, 5.74) is 5.25. The molecule has 0 aromatic heterocycles. The van der Waals surface area contributed by atoms with Gasteiger partial charge in [0.05, 0.1) is 10.7 Å². The molecule has 1 aromatic rings. The second kappa shape index (κ2) is 6.95. The minimum atomic E-state index is -3.96. The highest BCUT2D eigenvalue weighted by molar-refractivity contribution is 7.89. The van der Waals surface area contributed by atoms with E-state index in [1.165, 1.54) is 0 Å². The second-order valence-electron chi connectivity index (χ2n) is 5.11. The molecule has 0 atom stereocenters. The van der Waals surface area contributed by atoms with Crippen molar-refractivity contribution in [2.45, 2.75) is 25.2 Å². The maximum absolute atomic E-state index is 13.2. The molecular weight excluding hydrogens is 300 g/mol. The fourth-order valence-corrected chi connectivity index (χ4v) is 3.36. The summed E-state index contributed by atoms with van der Waals surface area (Å²) in [6.45, 7) is 3.90. The van der Waals surface area contributed by atoms with Crippen LogP contribution in [-0.2, 0) is 10.0 Å². The van der Waals surface area contributed by atoms with Gasteiger partial charge in [-0.15, -0.1) is 0 Å². The quantitative estimate of drug-likeness (QED) is 0.595. The van der Waals surface area contributed by atoms with Gasteiger partial charge in [0.2, 0.25) is 10.0 Å². The van der Waals surface area contributed by atoms with Crippen LogP contribution in [0, 0.1) is 23.0 Å². The van der Waals surface area contributed by atoms with Crippen LogP contribution >= 0.6 is 0 Å². The lowest BCUT2D eigenvalue weighted by molar-refractivity contribution is 0.373. The molecule has 0 heterocycles. The van der Waals surface area contributed by atoms with Crippen LogP contribution in [0.25, 0.3) is 0 Å². The number of halogens is 2. The van der Waals surface area contributed by atoms with Crippen LogP contribution in [0.3, 0.4) is 0 Å². The van der Waals surface area contributed by atoms with Crippen LogP contribution in [0.2, 0.25) is 0 Å². The molecular formula is C13H19F2N3O2S. The van der Waals surface area contributed by atoms with Gasteiger partial charge in [-0.05, 0) is 24.1 Å². The average Bonchev–Trinajstić information content (AvgIpc) is 2.36. The molecule has 0 unspecified atom stereocenters. The zero-order valence-electron chi connectivity index (χ0n) is 11.9. The first-order valence-corrected chi connectivity index (χ1v) is 7.86. The Balaban J connectivity index is 3.12. The molecule has 0 saturated heterocycles. The number of nitrogens with one attached hydrogen (secondary N) is 1. The van der Waals surface area contributed by atoms with E-state index < -0.39 is 21.7 Å². The van der Waals surface area contributed by atoms with Crippen LogP contribution in [0.4, 0.5) is 8.78 Å². The van der Waals surface area contributed by atoms with Crippen molar-refractivity contribution < 1.29 is 17.2 Å². The summed E-state index contributed by atoms with van der Waals surface area (Å²) in [5, 5.41) is 7.19. The molecule has 8 heteroatoms. The van der Waals surface area contributed by atoms with Crippen molar-refractivity contribution in [1.82, 2.24) is 4.31 Å². The smallest absolute Gasteiger partial charge is 0.243 e. The molecule has 0 aliphatic rings. The SMILES string of the molecule is CC(C)CN(CCC(=N)N)S(=O)(=O)c1ccc(F)c(F)c1. The molecule has 0 aliphatic carbocycles. The maximum atomic E-state index is 13.2. The number of nitrogens with two attached hydrogens (primary N) is 1. The summed E-state index contributed by atoms with van der Waals surface area (Å²) in [5.74, 6) is -2.42. The first kappa shape index (κ1) is 17.5. The third kappa shape index (κ3) is 4.75. The molecule has 3 N–H and O–H groups in total. The van der Waals surface area contributed by atoms with Crippen molar-refractivity contribution in [1.29, 1.82) is 5.41 Å². The fourth-order valence-electron chi connectivity index (χ4n) is 1.75. The Labute approximate surface area is 123 Å². The fraction of sp³-hybridized carbons (Fsp3) is 0.462. The van der Waals surface area contributed by atoms with E-state index in [-0.39, 0.29) is 36.2 Å². The van der Waals surface area contributed by atoms with Crippen LogP contribution in [0.15, 0.2) is 23.1 Å². The maximum Gasteiger partial charge on any atom is 0.243 e. The number of benzene rings is 1. The van der Waals surface area contributed by atoms with E-state index in [4.69, 9.17) is 11.1 Å². The standard InChI is InChI=1S/C13H19F2N3O2S/c1-9(2)8-18(6-5-13(16)17)21(19,20)10-3-4-11(14)12(15)7-10/h3-4,7,9H,5-6,8H2,1-2H3,(H3,16,17). The van der Waals surface area contributed by atoms with E-state index in [2.05, 4.69) is 0 Å². The first-order valence-electron chi connectivity index (χ1n) is 6.42. The Morgan fingerprint density at radius 3 is 2.43 bits per heavy atom. The van der Waals surface area contributed by atoms with Gasteiger partial charge in [0.25, 0.3) is 0 Å². The van der Waals surface area contributed by atoms with Gasteiger partial charge in [-0.25, -0.2) is 17.2 Å². The number of sulfonamides is 1. The Morgan fingerprint density at radius 1 is 1.33 bits per heavy atom. The van der Waals surface area contributed by atoms with Gasteiger partial charge in [0, 0.05) is 19.5 Å². The van der Waals surface area contributed by atoms with E-state index in [0.717, 1.165) is 16.4 Å². The van der Waals surface area contributed by atoms with Crippen molar-refractivity contribution in [3.8, 4) is 0 Å². The van der Waals surface area contributed by atoms with E-state index >= 15 is 0 Å². The van der Waals surface area contributed by atoms with E-state index in [9.17, 15) is 17.2 Å². The molecule has 0 spiro atoms.